The van der Waals surface area contributed by atoms with Crippen LogP contribution in [0.1, 0.15) is 73.5 Å². The summed E-state index contributed by atoms with van der Waals surface area (Å²) in [5.74, 6) is -3.36. The molecule has 0 bridgehead atoms. The topological polar surface area (TPSA) is 98.1 Å². The summed E-state index contributed by atoms with van der Waals surface area (Å²) < 4.78 is 99.4. The van der Waals surface area contributed by atoms with Crippen molar-refractivity contribution >= 4 is 25.9 Å². The number of nitrogens with one attached hydrogen (secondary N) is 1. The summed E-state index contributed by atoms with van der Waals surface area (Å²) in [4.78, 5) is 0. The van der Waals surface area contributed by atoms with E-state index >= 15 is 4.39 Å². The maximum absolute atomic E-state index is 15.3. The Balaban J connectivity index is 1.55. The standard InChI is InChI=1S/C30H34F3N3O4S2/c1-20(22-8-3-2-4-9-22)35-42(39,40)14-13-28-26-19-41(37,38)18-23(15-21-7-5-10-24(31)16-21)30(26)36(34-28)29-12-6-11-25(32)17-27(29)33/h5-7,10-14,16-17,20,22-23,29,35H,2-4,8-9,15,18-19H2,1H3/b14-13+/t20-,23?,29?/m1/s1. The van der Waals surface area contributed by atoms with Crippen molar-refractivity contribution in [2.45, 2.75) is 69.2 Å². The van der Waals surface area contributed by atoms with Gasteiger partial charge in [-0.3, -0.25) is 4.68 Å². The van der Waals surface area contributed by atoms with Crippen LogP contribution in [0.4, 0.5) is 13.2 Å². The number of sulfone groups is 1. The van der Waals surface area contributed by atoms with Gasteiger partial charge in [-0.15, -0.1) is 0 Å². The molecule has 12 heteroatoms. The second-order valence-electron chi connectivity index (χ2n) is 11.3. The lowest BCUT2D eigenvalue weighted by atomic mass is 9.85. The van der Waals surface area contributed by atoms with Crippen LogP contribution in [0.2, 0.25) is 0 Å². The highest BCUT2D eigenvalue weighted by Gasteiger charge is 2.38. The van der Waals surface area contributed by atoms with Crippen molar-refractivity contribution in [2.75, 3.05) is 5.75 Å². The summed E-state index contributed by atoms with van der Waals surface area (Å²) in [6.45, 7) is 1.84. The number of hydrogen-bond donors (Lipinski definition) is 1. The van der Waals surface area contributed by atoms with E-state index in [-0.39, 0.29) is 35.4 Å². The van der Waals surface area contributed by atoms with Crippen molar-refractivity contribution in [2.24, 2.45) is 5.92 Å². The van der Waals surface area contributed by atoms with Crippen molar-refractivity contribution in [1.82, 2.24) is 14.5 Å². The second-order valence-corrected chi connectivity index (χ2v) is 15.0. The van der Waals surface area contributed by atoms with Gasteiger partial charge in [0.15, 0.2) is 9.84 Å². The van der Waals surface area contributed by atoms with Crippen LogP contribution in [-0.4, -0.2) is 38.4 Å². The van der Waals surface area contributed by atoms with Crippen molar-refractivity contribution in [3.8, 4) is 0 Å². The molecule has 0 radical (unpaired) electrons. The van der Waals surface area contributed by atoms with Crippen LogP contribution in [-0.2, 0) is 32.0 Å². The molecule has 1 saturated carbocycles. The molecule has 1 aromatic heterocycles. The predicted molar refractivity (Wildman–Crippen MR) is 156 cm³/mol. The summed E-state index contributed by atoms with van der Waals surface area (Å²) in [5.41, 5.74) is 1.23. The molecule has 42 heavy (non-hydrogen) atoms. The quantitative estimate of drug-likeness (QED) is 0.393. The summed E-state index contributed by atoms with van der Waals surface area (Å²) in [5, 5.41) is 5.46. The molecule has 0 saturated heterocycles. The number of benzene rings is 1. The van der Waals surface area contributed by atoms with Crippen molar-refractivity contribution in [3.63, 3.8) is 0 Å². The largest absolute Gasteiger partial charge is 0.255 e. The third kappa shape index (κ3) is 7.15. The first kappa shape index (κ1) is 30.5. The lowest BCUT2D eigenvalue weighted by molar-refractivity contribution is 0.303. The molecule has 2 unspecified atom stereocenters. The number of sulfonamides is 1. The minimum absolute atomic E-state index is 0.0621. The first-order valence-corrected chi connectivity index (χ1v) is 17.5. The van der Waals surface area contributed by atoms with Gasteiger partial charge in [0.1, 0.15) is 23.5 Å². The molecule has 2 heterocycles. The van der Waals surface area contributed by atoms with E-state index in [9.17, 15) is 25.6 Å². The molecule has 2 aromatic rings. The second kappa shape index (κ2) is 12.3. The van der Waals surface area contributed by atoms with Crippen LogP contribution in [0, 0.1) is 11.7 Å². The number of aromatic nitrogens is 2. The van der Waals surface area contributed by atoms with Gasteiger partial charge in [-0.05, 0) is 62.0 Å². The van der Waals surface area contributed by atoms with Crippen molar-refractivity contribution in [3.05, 3.63) is 94.0 Å². The Morgan fingerprint density at radius 2 is 1.93 bits per heavy atom. The number of allylic oxidation sites excluding steroid dienone is 6. The zero-order chi connectivity index (χ0) is 30.1. The molecule has 1 fully saturated rings. The number of fused-ring (bicyclic) bond motifs is 1. The third-order valence-corrected chi connectivity index (χ3v) is 11.0. The van der Waals surface area contributed by atoms with Gasteiger partial charge in [0.2, 0.25) is 10.0 Å². The Hall–Kier alpha value is -2.96. The average Bonchev–Trinajstić information content (AvgIpc) is 3.17. The normalized spacial score (nSPS) is 23.7. The van der Waals surface area contributed by atoms with Gasteiger partial charge in [-0.2, -0.15) is 5.10 Å². The fourth-order valence-corrected chi connectivity index (χ4v) is 9.03. The van der Waals surface area contributed by atoms with E-state index in [4.69, 9.17) is 0 Å². The number of rotatable bonds is 8. The molecule has 7 nitrogen and oxygen atoms in total. The van der Waals surface area contributed by atoms with Gasteiger partial charge >= 0.3 is 0 Å². The highest BCUT2D eigenvalue weighted by Crippen LogP contribution is 2.39. The van der Waals surface area contributed by atoms with E-state index in [0.29, 0.717) is 11.3 Å². The number of hydrogen-bond acceptors (Lipinski definition) is 5. The van der Waals surface area contributed by atoms with Crippen LogP contribution >= 0.6 is 0 Å². The van der Waals surface area contributed by atoms with Crippen LogP contribution in [0.5, 0.6) is 0 Å². The maximum atomic E-state index is 15.3. The zero-order valence-electron chi connectivity index (χ0n) is 23.2. The molecular weight excluding hydrogens is 587 g/mol. The molecule has 2 aliphatic carbocycles. The summed E-state index contributed by atoms with van der Waals surface area (Å²) in [7, 11) is -7.59. The molecule has 0 amide bonds. The van der Waals surface area contributed by atoms with Crippen molar-refractivity contribution in [1.29, 1.82) is 0 Å². The van der Waals surface area contributed by atoms with E-state index in [1.807, 2.05) is 6.92 Å². The Morgan fingerprint density at radius 3 is 2.67 bits per heavy atom. The SMILES string of the molecule is C[C@@H](NS(=O)(=O)/C=C/c1nn(C2C=CC=C(F)C=C2F)c2c1CS(=O)(=O)CC2Cc1cccc(F)c1)C1CCCCC1. The molecule has 3 atom stereocenters. The van der Waals surface area contributed by atoms with Crippen LogP contribution < -0.4 is 4.72 Å². The summed E-state index contributed by atoms with van der Waals surface area (Å²) in [6, 6.07) is 4.30. The highest BCUT2D eigenvalue weighted by atomic mass is 32.2. The van der Waals surface area contributed by atoms with E-state index in [1.165, 1.54) is 41.1 Å². The van der Waals surface area contributed by atoms with Gasteiger partial charge in [-0.25, -0.2) is 34.7 Å². The summed E-state index contributed by atoms with van der Waals surface area (Å²) >= 11 is 0. The first-order chi connectivity index (χ1) is 19.9. The van der Waals surface area contributed by atoms with Crippen LogP contribution in [0.15, 0.2) is 65.6 Å². The Morgan fingerprint density at radius 1 is 1.17 bits per heavy atom. The highest BCUT2D eigenvalue weighted by molar-refractivity contribution is 7.92. The third-order valence-electron chi connectivity index (χ3n) is 8.14. The van der Waals surface area contributed by atoms with Crippen LogP contribution in [0.3, 0.4) is 0 Å². The van der Waals surface area contributed by atoms with E-state index in [1.54, 1.807) is 6.07 Å². The summed E-state index contributed by atoms with van der Waals surface area (Å²) in [6.07, 6.45) is 11.1. The predicted octanol–water partition coefficient (Wildman–Crippen LogP) is 5.95. The fourth-order valence-electron chi connectivity index (χ4n) is 6.19. The number of halogens is 3. The van der Waals surface area contributed by atoms with E-state index in [0.717, 1.165) is 49.7 Å². The molecule has 0 spiro atoms. The first-order valence-electron chi connectivity index (χ1n) is 14.1. The fraction of sp³-hybridized carbons (Fsp3) is 0.433. The Kier molecular flexibility index (Phi) is 8.96. The minimum Gasteiger partial charge on any atom is -0.255 e. The van der Waals surface area contributed by atoms with Crippen molar-refractivity contribution < 1.29 is 30.0 Å². The lowest BCUT2D eigenvalue weighted by Gasteiger charge is -2.27. The molecule has 226 valence electrons. The Bertz CT molecular complexity index is 1670. The monoisotopic (exact) mass is 621 g/mol. The Labute approximate surface area is 244 Å². The molecule has 1 aliphatic heterocycles. The molecule has 5 rings (SSSR count). The number of nitrogens with zero attached hydrogens (tertiary/aromatic N) is 2. The average molecular weight is 622 g/mol. The van der Waals surface area contributed by atoms with Gasteiger partial charge in [0.05, 0.1) is 17.2 Å². The molecule has 1 N–H and O–H groups in total. The van der Waals surface area contributed by atoms with Gasteiger partial charge in [0, 0.05) is 34.7 Å². The molecular formula is C30H34F3N3O4S2. The maximum Gasteiger partial charge on any atom is 0.234 e. The van der Waals surface area contributed by atoms with Gasteiger partial charge in [0.25, 0.3) is 0 Å². The smallest absolute Gasteiger partial charge is 0.234 e. The minimum atomic E-state index is -3.92. The van der Waals surface area contributed by atoms with Gasteiger partial charge in [-0.1, -0.05) is 43.5 Å². The van der Waals surface area contributed by atoms with E-state index in [2.05, 4.69) is 9.82 Å². The molecule has 1 aromatic carbocycles. The van der Waals surface area contributed by atoms with Crippen LogP contribution in [0.25, 0.3) is 6.08 Å². The zero-order valence-corrected chi connectivity index (χ0v) is 24.9. The van der Waals surface area contributed by atoms with Gasteiger partial charge < -0.3 is 0 Å². The molecule has 3 aliphatic rings. The van der Waals surface area contributed by atoms with E-state index < -0.39 is 55.0 Å². The lowest BCUT2D eigenvalue weighted by Crippen LogP contribution is -2.37.